The van der Waals surface area contributed by atoms with Crippen molar-refractivity contribution in [2.45, 2.75) is 26.3 Å². The van der Waals surface area contributed by atoms with Gasteiger partial charge in [-0.3, -0.25) is 4.99 Å². The summed E-state index contributed by atoms with van der Waals surface area (Å²) in [6, 6.07) is 10.6. The van der Waals surface area contributed by atoms with Crippen LogP contribution in [0.2, 0.25) is 0 Å². The minimum atomic E-state index is 0.174. The molecule has 0 aliphatic carbocycles. The molecule has 1 aromatic rings. The third-order valence-corrected chi connectivity index (χ3v) is 2.75. The summed E-state index contributed by atoms with van der Waals surface area (Å²) >= 11 is 0. The molecule has 0 amide bonds. The van der Waals surface area contributed by atoms with Gasteiger partial charge in [-0.2, -0.15) is 0 Å². The fourth-order valence-electron chi connectivity index (χ4n) is 2.15. The van der Waals surface area contributed by atoms with Crippen LogP contribution in [-0.2, 0) is 0 Å². The lowest BCUT2D eigenvalue weighted by molar-refractivity contribution is 0.491. The molecule has 2 rings (SSSR count). The molecule has 0 aromatic heterocycles. The first-order chi connectivity index (χ1) is 6.59. The molecule has 0 spiro atoms. The van der Waals surface area contributed by atoms with Crippen LogP contribution in [0.3, 0.4) is 0 Å². The molecule has 0 fully saturated rings. The van der Waals surface area contributed by atoms with Gasteiger partial charge in [-0.05, 0) is 18.9 Å². The number of aliphatic imine (C=N–C) groups is 1. The zero-order chi connectivity index (χ0) is 10.2. The first-order valence-electron chi connectivity index (χ1n) is 5.06. The van der Waals surface area contributed by atoms with Gasteiger partial charge >= 0.3 is 0 Å². The molecule has 1 unspecified atom stereocenters. The van der Waals surface area contributed by atoms with Gasteiger partial charge in [0.2, 0.25) is 0 Å². The van der Waals surface area contributed by atoms with E-state index in [0.29, 0.717) is 0 Å². The molecular weight excluding hydrogens is 170 g/mol. The molecular formula is C13H16N. The Hall–Kier alpha value is -1.11. The van der Waals surface area contributed by atoms with E-state index in [-0.39, 0.29) is 11.5 Å². The minimum Gasteiger partial charge on any atom is -0.285 e. The summed E-state index contributed by atoms with van der Waals surface area (Å²) in [6.45, 7) is 8.50. The Morgan fingerprint density at radius 1 is 1.29 bits per heavy atom. The molecule has 1 aliphatic heterocycles. The first kappa shape index (κ1) is 9.45. The van der Waals surface area contributed by atoms with Crippen molar-refractivity contribution in [3.05, 3.63) is 42.8 Å². The van der Waals surface area contributed by atoms with E-state index >= 15 is 0 Å². The van der Waals surface area contributed by atoms with E-state index in [2.05, 4.69) is 50.0 Å². The number of nitrogens with zero attached hydrogens (tertiary/aromatic N) is 1. The van der Waals surface area contributed by atoms with Crippen LogP contribution in [0.25, 0.3) is 0 Å². The molecule has 1 heteroatoms. The largest absolute Gasteiger partial charge is 0.285 e. The molecule has 0 N–H and O–H groups in total. The van der Waals surface area contributed by atoms with Gasteiger partial charge in [-0.15, -0.1) is 0 Å². The highest BCUT2D eigenvalue weighted by Gasteiger charge is 2.33. The molecule has 1 radical (unpaired) electrons. The summed E-state index contributed by atoms with van der Waals surface area (Å²) in [4.78, 5) is 4.62. The second-order valence-corrected chi connectivity index (χ2v) is 4.59. The van der Waals surface area contributed by atoms with Gasteiger partial charge in [0.15, 0.2) is 0 Å². The molecule has 1 aliphatic rings. The standard InChI is InChI=1S/C13H16N/c1-10-9-13(2,3)12(14-10)11-7-5-4-6-8-11/h4-8,10H,1,9H2,2-3H3. The van der Waals surface area contributed by atoms with E-state index in [4.69, 9.17) is 0 Å². The van der Waals surface area contributed by atoms with Crippen LogP contribution >= 0.6 is 0 Å². The predicted molar refractivity (Wildman–Crippen MR) is 60.5 cm³/mol. The topological polar surface area (TPSA) is 12.4 Å². The number of rotatable bonds is 1. The quantitative estimate of drug-likeness (QED) is 0.639. The lowest BCUT2D eigenvalue weighted by atomic mass is 9.82. The molecule has 0 saturated carbocycles. The van der Waals surface area contributed by atoms with Gasteiger partial charge in [0.25, 0.3) is 0 Å². The molecule has 0 bridgehead atoms. The van der Waals surface area contributed by atoms with E-state index in [9.17, 15) is 0 Å². The Morgan fingerprint density at radius 2 is 1.93 bits per heavy atom. The van der Waals surface area contributed by atoms with E-state index in [1.54, 1.807) is 0 Å². The molecule has 1 nitrogen and oxygen atoms in total. The minimum absolute atomic E-state index is 0.174. The molecule has 1 heterocycles. The molecule has 1 atom stereocenters. The average molecular weight is 186 g/mol. The fourth-order valence-corrected chi connectivity index (χ4v) is 2.15. The molecule has 1 aromatic carbocycles. The van der Waals surface area contributed by atoms with E-state index < -0.39 is 0 Å². The second kappa shape index (κ2) is 3.23. The van der Waals surface area contributed by atoms with Crippen molar-refractivity contribution in [1.29, 1.82) is 0 Å². The van der Waals surface area contributed by atoms with Crippen molar-refractivity contribution >= 4 is 5.71 Å². The lowest BCUT2D eigenvalue weighted by Crippen LogP contribution is -2.21. The maximum absolute atomic E-state index is 4.62. The Morgan fingerprint density at radius 3 is 2.43 bits per heavy atom. The Kier molecular flexibility index (Phi) is 2.18. The summed E-state index contributed by atoms with van der Waals surface area (Å²) in [7, 11) is 0. The number of hydrogen-bond acceptors (Lipinski definition) is 1. The molecule has 73 valence electrons. The fraction of sp³-hybridized carbons (Fsp3) is 0.385. The Balaban J connectivity index is 2.40. The van der Waals surface area contributed by atoms with Gasteiger partial charge in [0.1, 0.15) is 0 Å². The zero-order valence-electron chi connectivity index (χ0n) is 8.83. The summed E-state index contributed by atoms with van der Waals surface area (Å²) < 4.78 is 0. The van der Waals surface area contributed by atoms with Crippen molar-refractivity contribution in [3.8, 4) is 0 Å². The smallest absolute Gasteiger partial charge is 0.0513 e. The highest BCUT2D eigenvalue weighted by atomic mass is 14.9. The van der Waals surface area contributed by atoms with Gasteiger partial charge in [0, 0.05) is 11.1 Å². The lowest BCUT2D eigenvalue weighted by Gasteiger charge is -2.20. The predicted octanol–water partition coefficient (Wildman–Crippen LogP) is 3.11. The molecule has 0 saturated heterocycles. The van der Waals surface area contributed by atoms with Crippen molar-refractivity contribution in [3.63, 3.8) is 0 Å². The van der Waals surface area contributed by atoms with Gasteiger partial charge in [-0.1, -0.05) is 44.2 Å². The summed E-state index contributed by atoms with van der Waals surface area (Å²) in [5.41, 5.74) is 2.62. The zero-order valence-corrected chi connectivity index (χ0v) is 8.83. The monoisotopic (exact) mass is 186 g/mol. The van der Waals surface area contributed by atoms with Crippen LogP contribution in [0.15, 0.2) is 35.3 Å². The summed E-state index contributed by atoms with van der Waals surface area (Å²) in [5.74, 6) is 0. The van der Waals surface area contributed by atoms with Crippen molar-refractivity contribution in [1.82, 2.24) is 0 Å². The Bertz CT molecular complexity index is 349. The number of benzene rings is 1. The maximum atomic E-state index is 4.62. The highest BCUT2D eigenvalue weighted by Crippen LogP contribution is 2.34. The van der Waals surface area contributed by atoms with E-state index in [1.807, 2.05) is 6.07 Å². The molecule has 14 heavy (non-hydrogen) atoms. The maximum Gasteiger partial charge on any atom is 0.0513 e. The summed E-state index contributed by atoms with van der Waals surface area (Å²) in [5, 5.41) is 0. The third kappa shape index (κ3) is 1.59. The average Bonchev–Trinajstić information content (AvgIpc) is 2.41. The van der Waals surface area contributed by atoms with Crippen molar-refractivity contribution in [2.24, 2.45) is 10.4 Å². The van der Waals surface area contributed by atoms with Crippen LogP contribution in [0.5, 0.6) is 0 Å². The first-order valence-corrected chi connectivity index (χ1v) is 5.06. The van der Waals surface area contributed by atoms with Crippen LogP contribution in [-0.4, -0.2) is 11.8 Å². The van der Waals surface area contributed by atoms with Crippen molar-refractivity contribution in [2.75, 3.05) is 0 Å². The van der Waals surface area contributed by atoms with Gasteiger partial charge in [0.05, 0.1) is 6.04 Å². The second-order valence-electron chi connectivity index (χ2n) is 4.59. The number of hydrogen-bond donors (Lipinski definition) is 0. The van der Waals surface area contributed by atoms with E-state index in [1.165, 1.54) is 11.3 Å². The summed E-state index contributed by atoms with van der Waals surface area (Å²) in [6.07, 6.45) is 1.05. The normalized spacial score (nSPS) is 24.8. The van der Waals surface area contributed by atoms with Crippen molar-refractivity contribution < 1.29 is 0 Å². The van der Waals surface area contributed by atoms with Gasteiger partial charge < -0.3 is 0 Å². The van der Waals surface area contributed by atoms with Gasteiger partial charge in [-0.25, -0.2) is 0 Å². The highest BCUT2D eigenvalue weighted by molar-refractivity contribution is 6.05. The Labute approximate surface area is 85.9 Å². The van der Waals surface area contributed by atoms with Crippen LogP contribution < -0.4 is 0 Å². The van der Waals surface area contributed by atoms with Crippen LogP contribution in [0, 0.1) is 12.3 Å². The van der Waals surface area contributed by atoms with Crippen LogP contribution in [0.1, 0.15) is 25.8 Å². The van der Waals surface area contributed by atoms with Crippen LogP contribution in [0.4, 0.5) is 0 Å². The van der Waals surface area contributed by atoms with E-state index in [0.717, 1.165) is 6.42 Å². The third-order valence-electron chi connectivity index (χ3n) is 2.75. The SMILES string of the molecule is [CH2]C1CC(C)(C)C(c2ccccc2)=N1.